The topological polar surface area (TPSA) is 110 Å². The fourth-order valence-electron chi connectivity index (χ4n) is 4.27. The number of ether oxygens (including phenoxy) is 1. The molecule has 0 atom stereocenters. The van der Waals surface area contributed by atoms with Crippen molar-refractivity contribution >= 4 is 34.3 Å². The van der Waals surface area contributed by atoms with Crippen LogP contribution < -0.4 is 16.4 Å². The molecule has 0 bridgehead atoms. The lowest BCUT2D eigenvalue weighted by molar-refractivity contribution is 0.0365. The summed E-state index contributed by atoms with van der Waals surface area (Å²) < 4.78 is 7.59. The third-order valence-electron chi connectivity index (χ3n) is 6.21. The standard InChI is InChI=1S/C26H29N7O2/c1-18-2-6-20(7-3-18)30-26(34)31-21-8-4-19(5-9-21)22-16-33(11-10-32-12-14-35-15-13-32)25-23(22)24(27)28-17-29-25/h2-9,16-17H,10-15H2,1H3,(H2,27,28,29)(H2,30,31,34). The number of nitrogens with one attached hydrogen (secondary N) is 2. The first-order valence-corrected chi connectivity index (χ1v) is 11.7. The van der Waals surface area contributed by atoms with Gasteiger partial charge < -0.3 is 25.7 Å². The number of anilines is 3. The van der Waals surface area contributed by atoms with Gasteiger partial charge in [0.25, 0.3) is 0 Å². The van der Waals surface area contributed by atoms with Crippen LogP contribution in [0.25, 0.3) is 22.2 Å². The Morgan fingerprint density at radius 1 is 0.971 bits per heavy atom. The van der Waals surface area contributed by atoms with E-state index in [4.69, 9.17) is 10.5 Å². The van der Waals surface area contributed by atoms with Crippen LogP contribution >= 0.6 is 0 Å². The molecule has 1 aliphatic heterocycles. The number of fused-ring (bicyclic) bond motifs is 1. The molecule has 5 rings (SSSR count). The van der Waals surface area contributed by atoms with Gasteiger partial charge in [0.2, 0.25) is 0 Å². The minimum atomic E-state index is -0.293. The zero-order valence-electron chi connectivity index (χ0n) is 19.7. The van der Waals surface area contributed by atoms with Crippen molar-refractivity contribution in [3.63, 3.8) is 0 Å². The molecule has 0 spiro atoms. The van der Waals surface area contributed by atoms with Gasteiger partial charge in [-0.1, -0.05) is 29.8 Å². The summed E-state index contributed by atoms with van der Waals surface area (Å²) in [5, 5.41) is 6.56. The number of rotatable bonds is 6. The van der Waals surface area contributed by atoms with Crippen LogP contribution in [-0.4, -0.2) is 58.3 Å². The summed E-state index contributed by atoms with van der Waals surface area (Å²) in [6.45, 7) is 7.14. The SMILES string of the molecule is Cc1ccc(NC(=O)Nc2ccc(-c3cn(CCN4CCOCC4)c4ncnc(N)c34)cc2)cc1. The van der Waals surface area contributed by atoms with E-state index < -0.39 is 0 Å². The number of nitrogens with zero attached hydrogens (tertiary/aromatic N) is 4. The molecule has 9 heteroatoms. The molecule has 4 N–H and O–H groups in total. The van der Waals surface area contributed by atoms with Crippen molar-refractivity contribution in [3.8, 4) is 11.1 Å². The number of carbonyl (C=O) groups is 1. The third-order valence-corrected chi connectivity index (χ3v) is 6.21. The quantitative estimate of drug-likeness (QED) is 0.393. The second-order valence-corrected chi connectivity index (χ2v) is 8.67. The predicted octanol–water partition coefficient (Wildman–Crippen LogP) is 3.97. The molecule has 2 aromatic heterocycles. The summed E-state index contributed by atoms with van der Waals surface area (Å²) in [6.07, 6.45) is 3.59. The molecule has 3 heterocycles. The van der Waals surface area contributed by atoms with Crippen LogP contribution in [0.2, 0.25) is 0 Å². The molecule has 2 aromatic carbocycles. The van der Waals surface area contributed by atoms with Gasteiger partial charge in [-0.05, 0) is 36.8 Å². The van der Waals surface area contributed by atoms with Crippen LogP contribution in [0.15, 0.2) is 61.1 Å². The Kier molecular flexibility index (Phi) is 6.60. The molecular weight excluding hydrogens is 442 g/mol. The van der Waals surface area contributed by atoms with E-state index >= 15 is 0 Å². The number of aryl methyl sites for hydroxylation is 1. The maximum absolute atomic E-state index is 12.4. The molecule has 0 unspecified atom stereocenters. The number of amides is 2. The third kappa shape index (κ3) is 5.26. The Balaban J connectivity index is 1.33. The van der Waals surface area contributed by atoms with Gasteiger partial charge in [-0.2, -0.15) is 0 Å². The van der Waals surface area contributed by atoms with Gasteiger partial charge in [0.15, 0.2) is 0 Å². The Labute approximate surface area is 203 Å². The highest BCUT2D eigenvalue weighted by Gasteiger charge is 2.17. The average Bonchev–Trinajstić information content (AvgIpc) is 3.25. The highest BCUT2D eigenvalue weighted by Crippen LogP contribution is 2.33. The Hall–Kier alpha value is -3.95. The molecule has 0 aliphatic carbocycles. The molecule has 0 saturated carbocycles. The largest absolute Gasteiger partial charge is 0.383 e. The number of aromatic nitrogens is 3. The van der Waals surface area contributed by atoms with Crippen LogP contribution in [0.5, 0.6) is 0 Å². The average molecular weight is 472 g/mol. The van der Waals surface area contributed by atoms with Crippen molar-refractivity contribution in [2.75, 3.05) is 49.2 Å². The number of hydrogen-bond acceptors (Lipinski definition) is 6. The molecular formula is C26H29N7O2. The van der Waals surface area contributed by atoms with E-state index in [1.54, 1.807) is 0 Å². The number of hydrogen-bond donors (Lipinski definition) is 3. The Bertz CT molecular complexity index is 1310. The maximum atomic E-state index is 12.4. The highest BCUT2D eigenvalue weighted by molar-refractivity contribution is 6.02. The number of nitrogens with two attached hydrogens (primary N) is 1. The number of morpholine rings is 1. The summed E-state index contributed by atoms with van der Waals surface area (Å²) in [4.78, 5) is 23.5. The number of benzene rings is 2. The lowest BCUT2D eigenvalue weighted by Crippen LogP contribution is -2.38. The van der Waals surface area contributed by atoms with E-state index in [1.165, 1.54) is 6.33 Å². The van der Waals surface area contributed by atoms with Gasteiger partial charge in [-0.25, -0.2) is 14.8 Å². The predicted molar refractivity (Wildman–Crippen MR) is 138 cm³/mol. The highest BCUT2D eigenvalue weighted by atomic mass is 16.5. The fourth-order valence-corrected chi connectivity index (χ4v) is 4.27. The normalized spacial score (nSPS) is 14.2. The van der Waals surface area contributed by atoms with E-state index in [0.29, 0.717) is 11.5 Å². The summed E-state index contributed by atoms with van der Waals surface area (Å²) in [7, 11) is 0. The van der Waals surface area contributed by atoms with E-state index in [-0.39, 0.29) is 6.03 Å². The summed E-state index contributed by atoms with van der Waals surface area (Å²) in [5.41, 5.74) is 11.6. The van der Waals surface area contributed by atoms with Gasteiger partial charge >= 0.3 is 6.03 Å². The van der Waals surface area contributed by atoms with Crippen molar-refractivity contribution in [1.82, 2.24) is 19.4 Å². The molecule has 2 amide bonds. The van der Waals surface area contributed by atoms with E-state index in [2.05, 4.69) is 36.3 Å². The lowest BCUT2D eigenvalue weighted by atomic mass is 10.1. The van der Waals surface area contributed by atoms with Gasteiger partial charge in [-0.3, -0.25) is 4.90 Å². The van der Waals surface area contributed by atoms with Crippen molar-refractivity contribution in [2.45, 2.75) is 13.5 Å². The first kappa shape index (κ1) is 22.8. The van der Waals surface area contributed by atoms with Crippen LogP contribution in [0.4, 0.5) is 22.0 Å². The van der Waals surface area contributed by atoms with Gasteiger partial charge in [0.05, 0.1) is 18.6 Å². The summed E-state index contributed by atoms with van der Waals surface area (Å²) in [6, 6.07) is 15.1. The van der Waals surface area contributed by atoms with E-state index in [0.717, 1.165) is 72.8 Å². The molecule has 1 aliphatic rings. The second kappa shape index (κ2) is 10.1. The molecule has 1 fully saturated rings. The van der Waals surface area contributed by atoms with E-state index in [9.17, 15) is 4.79 Å². The van der Waals surface area contributed by atoms with Crippen molar-refractivity contribution in [3.05, 3.63) is 66.6 Å². The van der Waals surface area contributed by atoms with Gasteiger partial charge in [0.1, 0.15) is 17.8 Å². The van der Waals surface area contributed by atoms with Crippen LogP contribution in [0.1, 0.15) is 5.56 Å². The number of urea groups is 1. The van der Waals surface area contributed by atoms with E-state index in [1.807, 2.05) is 55.5 Å². The van der Waals surface area contributed by atoms with Gasteiger partial charge in [-0.15, -0.1) is 0 Å². The molecule has 4 aromatic rings. The van der Waals surface area contributed by atoms with Crippen LogP contribution in [-0.2, 0) is 11.3 Å². The number of nitrogen functional groups attached to an aromatic ring is 1. The summed E-state index contributed by atoms with van der Waals surface area (Å²) >= 11 is 0. The zero-order valence-corrected chi connectivity index (χ0v) is 19.7. The fraction of sp³-hybridized carbons (Fsp3) is 0.269. The van der Waals surface area contributed by atoms with Crippen LogP contribution in [0, 0.1) is 6.92 Å². The maximum Gasteiger partial charge on any atom is 0.323 e. The molecule has 9 nitrogen and oxygen atoms in total. The zero-order chi connectivity index (χ0) is 24.2. The first-order valence-electron chi connectivity index (χ1n) is 11.7. The first-order chi connectivity index (χ1) is 17.1. The molecule has 0 radical (unpaired) electrons. The minimum Gasteiger partial charge on any atom is -0.383 e. The number of carbonyl (C=O) groups excluding carboxylic acids is 1. The van der Waals surface area contributed by atoms with Crippen molar-refractivity contribution in [1.29, 1.82) is 0 Å². The molecule has 180 valence electrons. The minimum absolute atomic E-state index is 0.293. The van der Waals surface area contributed by atoms with Crippen molar-refractivity contribution in [2.24, 2.45) is 0 Å². The smallest absolute Gasteiger partial charge is 0.323 e. The Morgan fingerprint density at radius 2 is 1.63 bits per heavy atom. The molecule has 35 heavy (non-hydrogen) atoms. The Morgan fingerprint density at radius 3 is 2.31 bits per heavy atom. The second-order valence-electron chi connectivity index (χ2n) is 8.67. The van der Waals surface area contributed by atoms with Crippen molar-refractivity contribution < 1.29 is 9.53 Å². The van der Waals surface area contributed by atoms with Crippen LogP contribution in [0.3, 0.4) is 0 Å². The monoisotopic (exact) mass is 471 g/mol. The van der Waals surface area contributed by atoms with Gasteiger partial charge in [0, 0.05) is 49.3 Å². The molecule has 1 saturated heterocycles. The summed E-state index contributed by atoms with van der Waals surface area (Å²) in [5.74, 6) is 0.454. The lowest BCUT2D eigenvalue weighted by Gasteiger charge is -2.26.